The Hall–Kier alpha value is -1.84. The van der Waals surface area contributed by atoms with Gasteiger partial charge in [0.05, 0.1) is 0 Å². The summed E-state index contributed by atoms with van der Waals surface area (Å²) in [5.74, 6) is 0.00559. The third kappa shape index (κ3) is 4.33. The highest BCUT2D eigenvalue weighted by Crippen LogP contribution is 2.26. The van der Waals surface area contributed by atoms with Crippen LogP contribution in [0.25, 0.3) is 0 Å². The molecule has 4 heteroatoms. The summed E-state index contributed by atoms with van der Waals surface area (Å²) in [4.78, 5) is 25.5. The first-order valence-corrected chi connectivity index (χ1v) is 7.95. The van der Waals surface area contributed by atoms with E-state index in [0.29, 0.717) is 24.7 Å². The predicted octanol–water partition coefficient (Wildman–Crippen LogP) is 2.72. The maximum atomic E-state index is 12.1. The minimum Gasteiger partial charge on any atom is -0.350 e. The van der Waals surface area contributed by atoms with Crippen molar-refractivity contribution in [3.63, 3.8) is 0 Å². The van der Waals surface area contributed by atoms with Crippen molar-refractivity contribution in [2.75, 3.05) is 13.1 Å². The quantitative estimate of drug-likeness (QED) is 0.909. The number of carbonyl (C=O) groups excluding carboxylic acids is 2. The molecule has 4 nitrogen and oxygen atoms in total. The summed E-state index contributed by atoms with van der Waals surface area (Å²) < 4.78 is 0. The lowest BCUT2D eigenvalue weighted by Crippen LogP contribution is -2.38. The molecule has 0 aromatic heterocycles. The maximum absolute atomic E-state index is 12.1. The molecule has 0 bridgehead atoms. The van der Waals surface area contributed by atoms with Gasteiger partial charge >= 0.3 is 0 Å². The van der Waals surface area contributed by atoms with Gasteiger partial charge in [-0.15, -0.1) is 0 Å². The van der Waals surface area contributed by atoms with E-state index >= 15 is 0 Å². The molecule has 22 heavy (non-hydrogen) atoms. The maximum Gasteiger partial charge on any atom is 0.251 e. The summed E-state index contributed by atoms with van der Waals surface area (Å²) in [6, 6.07) is 8.11. The molecule has 0 aliphatic heterocycles. The Morgan fingerprint density at radius 2 is 1.77 bits per heavy atom. The second-order valence-electron chi connectivity index (χ2n) is 7.03. The number of benzene rings is 1. The van der Waals surface area contributed by atoms with E-state index in [-0.39, 0.29) is 17.2 Å². The molecule has 0 saturated heterocycles. The third-order valence-corrected chi connectivity index (χ3v) is 4.04. The topological polar surface area (TPSA) is 49.4 Å². The predicted molar refractivity (Wildman–Crippen MR) is 87.9 cm³/mol. The zero-order valence-electron chi connectivity index (χ0n) is 14.0. The van der Waals surface area contributed by atoms with Gasteiger partial charge in [-0.1, -0.05) is 32.9 Å². The largest absolute Gasteiger partial charge is 0.350 e. The summed E-state index contributed by atoms with van der Waals surface area (Å²) in [6.07, 6.45) is 2.17. The molecule has 2 amide bonds. The molecule has 1 N–H and O–H groups in total. The average Bonchev–Trinajstić information content (AvgIpc) is 3.26. The van der Waals surface area contributed by atoms with Crippen LogP contribution < -0.4 is 5.32 Å². The van der Waals surface area contributed by atoms with E-state index in [1.807, 2.05) is 29.2 Å². The highest BCUT2D eigenvalue weighted by Gasteiger charge is 2.30. The van der Waals surface area contributed by atoms with Crippen LogP contribution in [0.5, 0.6) is 0 Å². The summed E-state index contributed by atoms with van der Waals surface area (Å²) in [5.41, 5.74) is 1.95. The number of nitrogens with one attached hydrogen (secondary N) is 1. The number of carbonyl (C=O) groups is 2. The summed E-state index contributed by atoms with van der Waals surface area (Å²) in [5, 5.41) is 2.89. The van der Waals surface area contributed by atoms with E-state index in [0.717, 1.165) is 12.8 Å². The molecule has 0 heterocycles. The molecule has 0 atom stereocenters. The smallest absolute Gasteiger partial charge is 0.251 e. The second kappa shape index (κ2) is 6.51. The molecule has 1 aromatic rings. The van der Waals surface area contributed by atoms with Gasteiger partial charge in [-0.3, -0.25) is 9.59 Å². The minimum atomic E-state index is -0.0836. The Morgan fingerprint density at radius 1 is 1.18 bits per heavy atom. The van der Waals surface area contributed by atoms with Crippen LogP contribution in [0.15, 0.2) is 24.3 Å². The fraction of sp³-hybridized carbons (Fsp3) is 0.556. The van der Waals surface area contributed by atoms with Crippen LogP contribution in [0.3, 0.4) is 0 Å². The summed E-state index contributed by atoms with van der Waals surface area (Å²) in [7, 11) is 0. The normalized spacial score (nSPS) is 14.5. The molecule has 1 aromatic carbocycles. The molecule has 1 saturated carbocycles. The van der Waals surface area contributed by atoms with Crippen molar-refractivity contribution in [1.82, 2.24) is 10.2 Å². The first kappa shape index (κ1) is 16.5. The van der Waals surface area contributed by atoms with Crippen LogP contribution >= 0.6 is 0 Å². The molecule has 0 unspecified atom stereocenters. The van der Waals surface area contributed by atoms with Gasteiger partial charge in [0.25, 0.3) is 5.91 Å². The van der Waals surface area contributed by atoms with Gasteiger partial charge in [-0.25, -0.2) is 0 Å². The SMILES string of the molecule is CC(=O)N(CCNC(=O)c1ccc(C(C)(C)C)cc1)C1CC1. The Balaban J connectivity index is 1.85. The Bertz CT molecular complexity index is 539. The second-order valence-corrected chi connectivity index (χ2v) is 7.03. The number of amides is 2. The van der Waals surface area contributed by atoms with Crippen LogP contribution in [0, 0.1) is 0 Å². The number of rotatable bonds is 5. The molecule has 2 rings (SSSR count). The van der Waals surface area contributed by atoms with Crippen molar-refractivity contribution in [3.05, 3.63) is 35.4 Å². The minimum absolute atomic E-state index is 0.0836. The van der Waals surface area contributed by atoms with Crippen molar-refractivity contribution in [2.24, 2.45) is 0 Å². The highest BCUT2D eigenvalue weighted by atomic mass is 16.2. The first-order valence-electron chi connectivity index (χ1n) is 7.95. The zero-order valence-corrected chi connectivity index (χ0v) is 14.0. The molecule has 0 radical (unpaired) electrons. The lowest BCUT2D eigenvalue weighted by molar-refractivity contribution is -0.129. The zero-order chi connectivity index (χ0) is 16.3. The lowest BCUT2D eigenvalue weighted by atomic mass is 9.87. The monoisotopic (exact) mass is 302 g/mol. The van der Waals surface area contributed by atoms with Crippen molar-refractivity contribution in [2.45, 2.75) is 52.0 Å². The Labute approximate surface area is 132 Å². The fourth-order valence-corrected chi connectivity index (χ4v) is 2.50. The number of hydrogen-bond donors (Lipinski definition) is 1. The molecular weight excluding hydrogens is 276 g/mol. The molecule has 1 aliphatic rings. The lowest BCUT2D eigenvalue weighted by Gasteiger charge is -2.21. The number of nitrogens with zero attached hydrogens (tertiary/aromatic N) is 1. The van der Waals surface area contributed by atoms with Gasteiger partial charge < -0.3 is 10.2 Å². The standard InChI is InChI=1S/C18H26N2O2/c1-13(21)20(16-9-10-16)12-11-19-17(22)14-5-7-15(8-6-14)18(2,3)4/h5-8,16H,9-12H2,1-4H3,(H,19,22). The molecule has 1 aliphatic carbocycles. The van der Waals surface area contributed by atoms with Gasteiger partial charge in [-0.2, -0.15) is 0 Å². The van der Waals surface area contributed by atoms with Crippen molar-refractivity contribution in [3.8, 4) is 0 Å². The van der Waals surface area contributed by atoms with Gasteiger partial charge in [-0.05, 0) is 36.0 Å². The van der Waals surface area contributed by atoms with E-state index in [4.69, 9.17) is 0 Å². The fourth-order valence-electron chi connectivity index (χ4n) is 2.50. The Morgan fingerprint density at radius 3 is 2.23 bits per heavy atom. The summed E-state index contributed by atoms with van der Waals surface area (Å²) >= 11 is 0. The van der Waals surface area contributed by atoms with Gasteiger partial charge in [0.15, 0.2) is 0 Å². The van der Waals surface area contributed by atoms with E-state index < -0.39 is 0 Å². The molecule has 120 valence electrons. The van der Waals surface area contributed by atoms with Crippen LogP contribution in [0.2, 0.25) is 0 Å². The summed E-state index contributed by atoms with van der Waals surface area (Å²) in [6.45, 7) is 9.12. The third-order valence-electron chi connectivity index (χ3n) is 4.04. The first-order chi connectivity index (χ1) is 10.3. The van der Waals surface area contributed by atoms with Crippen molar-refractivity contribution >= 4 is 11.8 Å². The van der Waals surface area contributed by atoms with E-state index in [1.165, 1.54) is 5.56 Å². The molecule has 1 fully saturated rings. The highest BCUT2D eigenvalue weighted by molar-refractivity contribution is 5.94. The van der Waals surface area contributed by atoms with Crippen LogP contribution in [-0.4, -0.2) is 35.8 Å². The molecule has 0 spiro atoms. The van der Waals surface area contributed by atoms with Crippen LogP contribution in [0.1, 0.15) is 56.5 Å². The van der Waals surface area contributed by atoms with Crippen LogP contribution in [0.4, 0.5) is 0 Å². The van der Waals surface area contributed by atoms with Gasteiger partial charge in [0.1, 0.15) is 0 Å². The van der Waals surface area contributed by atoms with Gasteiger partial charge in [0, 0.05) is 31.6 Å². The van der Waals surface area contributed by atoms with E-state index in [2.05, 4.69) is 26.1 Å². The Kier molecular flexibility index (Phi) is 4.89. The average molecular weight is 302 g/mol. The molecular formula is C18H26N2O2. The van der Waals surface area contributed by atoms with Crippen molar-refractivity contribution in [1.29, 1.82) is 0 Å². The van der Waals surface area contributed by atoms with Gasteiger partial charge in [0.2, 0.25) is 5.91 Å². The number of hydrogen-bond acceptors (Lipinski definition) is 2. The van der Waals surface area contributed by atoms with Crippen molar-refractivity contribution < 1.29 is 9.59 Å². The van der Waals surface area contributed by atoms with Crippen LogP contribution in [-0.2, 0) is 10.2 Å². The van der Waals surface area contributed by atoms with E-state index in [9.17, 15) is 9.59 Å². The van der Waals surface area contributed by atoms with E-state index in [1.54, 1.807) is 6.92 Å².